The normalized spacial score (nSPS) is 10.3. The number of carbonyl (C=O) groups excluding carboxylic acids is 1. The molecule has 20 heavy (non-hydrogen) atoms. The zero-order valence-corrected chi connectivity index (χ0v) is 11.8. The summed E-state index contributed by atoms with van der Waals surface area (Å²) < 4.78 is 10.9. The van der Waals surface area contributed by atoms with Crippen LogP contribution in [0.3, 0.4) is 0 Å². The maximum absolute atomic E-state index is 11.9. The molecule has 1 aromatic carbocycles. The summed E-state index contributed by atoms with van der Waals surface area (Å²) in [6.45, 7) is 4.78. The first kappa shape index (κ1) is 14.2. The van der Waals surface area contributed by atoms with Crippen LogP contribution < -0.4 is 10.1 Å². The highest BCUT2D eigenvalue weighted by Gasteiger charge is 2.12. The summed E-state index contributed by atoms with van der Waals surface area (Å²) in [4.78, 5) is 11.9. The predicted molar refractivity (Wildman–Crippen MR) is 77.1 cm³/mol. The summed E-state index contributed by atoms with van der Waals surface area (Å²) in [5.74, 6) is 2.15. The molecule has 1 aromatic heterocycles. The van der Waals surface area contributed by atoms with Crippen molar-refractivity contribution in [2.24, 2.45) is 0 Å². The molecule has 4 nitrogen and oxygen atoms in total. The number of aryl methyl sites for hydroxylation is 2. The van der Waals surface area contributed by atoms with Gasteiger partial charge >= 0.3 is 0 Å². The lowest BCUT2D eigenvalue weighted by Crippen LogP contribution is -2.25. The molecule has 0 bridgehead atoms. The minimum Gasteiger partial charge on any atom is -0.494 e. The van der Waals surface area contributed by atoms with E-state index in [1.54, 1.807) is 13.0 Å². The van der Waals surface area contributed by atoms with E-state index in [0.717, 1.165) is 17.9 Å². The van der Waals surface area contributed by atoms with Gasteiger partial charge in [0, 0.05) is 6.54 Å². The number of benzene rings is 1. The number of nitrogens with one attached hydrogen (secondary N) is 1. The van der Waals surface area contributed by atoms with Gasteiger partial charge in [-0.2, -0.15) is 0 Å². The first-order valence-corrected chi connectivity index (χ1v) is 6.70. The first-order chi connectivity index (χ1) is 9.66. The standard InChI is InChI=1S/C16H19NO3/c1-12-11-15(13(2)20-12)16(18)17-9-6-10-19-14-7-4-3-5-8-14/h3-5,7-8,11H,6,9-10H2,1-2H3,(H,17,18). The largest absolute Gasteiger partial charge is 0.494 e. The van der Waals surface area contributed by atoms with E-state index >= 15 is 0 Å². The zero-order valence-electron chi connectivity index (χ0n) is 11.8. The lowest BCUT2D eigenvalue weighted by atomic mass is 10.2. The van der Waals surface area contributed by atoms with E-state index in [-0.39, 0.29) is 5.91 Å². The molecule has 0 unspecified atom stereocenters. The van der Waals surface area contributed by atoms with Crippen LogP contribution in [0, 0.1) is 13.8 Å². The molecule has 106 valence electrons. The Morgan fingerprint density at radius 3 is 2.65 bits per heavy atom. The van der Waals surface area contributed by atoms with Gasteiger partial charge in [0.2, 0.25) is 0 Å². The Balaban J connectivity index is 1.68. The number of hydrogen-bond acceptors (Lipinski definition) is 3. The molecule has 0 saturated heterocycles. The molecular weight excluding hydrogens is 254 g/mol. The van der Waals surface area contributed by atoms with Crippen molar-refractivity contribution in [2.75, 3.05) is 13.2 Å². The molecule has 0 aliphatic heterocycles. The van der Waals surface area contributed by atoms with Crippen LogP contribution in [0.25, 0.3) is 0 Å². The van der Waals surface area contributed by atoms with Gasteiger partial charge in [0.25, 0.3) is 5.91 Å². The third-order valence-electron chi connectivity index (χ3n) is 2.90. The Hall–Kier alpha value is -2.23. The van der Waals surface area contributed by atoms with Crippen LogP contribution in [0.4, 0.5) is 0 Å². The fourth-order valence-corrected chi connectivity index (χ4v) is 1.93. The third kappa shape index (κ3) is 3.88. The Bertz CT molecular complexity index is 560. The van der Waals surface area contributed by atoms with Crippen LogP contribution in [0.15, 0.2) is 40.8 Å². The number of rotatable bonds is 6. The van der Waals surface area contributed by atoms with Gasteiger partial charge in [-0.1, -0.05) is 18.2 Å². The Kier molecular flexibility index (Phi) is 4.82. The summed E-state index contributed by atoms with van der Waals surface area (Å²) >= 11 is 0. The van der Waals surface area contributed by atoms with Gasteiger partial charge in [-0.3, -0.25) is 4.79 Å². The molecule has 0 saturated carbocycles. The van der Waals surface area contributed by atoms with Gasteiger partial charge in [0.05, 0.1) is 12.2 Å². The molecule has 2 rings (SSSR count). The van der Waals surface area contributed by atoms with Crippen molar-refractivity contribution < 1.29 is 13.9 Å². The average molecular weight is 273 g/mol. The molecule has 0 radical (unpaired) electrons. The van der Waals surface area contributed by atoms with E-state index in [2.05, 4.69) is 5.32 Å². The number of carbonyl (C=O) groups is 1. The second-order valence-corrected chi connectivity index (χ2v) is 4.60. The predicted octanol–water partition coefficient (Wildman–Crippen LogP) is 3.10. The minimum absolute atomic E-state index is 0.0981. The molecule has 1 heterocycles. The first-order valence-electron chi connectivity index (χ1n) is 6.70. The van der Waals surface area contributed by atoms with Gasteiger partial charge in [-0.25, -0.2) is 0 Å². The highest BCUT2D eigenvalue weighted by molar-refractivity contribution is 5.95. The van der Waals surface area contributed by atoms with Crippen LogP contribution in [0.1, 0.15) is 28.3 Å². The summed E-state index contributed by atoms with van der Waals surface area (Å²) in [5, 5.41) is 2.86. The van der Waals surface area contributed by atoms with Crippen molar-refractivity contribution in [1.82, 2.24) is 5.32 Å². The van der Waals surface area contributed by atoms with Crippen molar-refractivity contribution in [3.05, 3.63) is 53.5 Å². The Morgan fingerprint density at radius 1 is 1.25 bits per heavy atom. The SMILES string of the molecule is Cc1cc(C(=O)NCCCOc2ccccc2)c(C)o1. The molecule has 4 heteroatoms. The summed E-state index contributed by atoms with van der Waals surface area (Å²) in [7, 11) is 0. The van der Waals surface area contributed by atoms with Crippen LogP contribution >= 0.6 is 0 Å². The quantitative estimate of drug-likeness (QED) is 0.823. The van der Waals surface area contributed by atoms with E-state index in [9.17, 15) is 4.79 Å². The molecule has 0 spiro atoms. The maximum Gasteiger partial charge on any atom is 0.254 e. The fourth-order valence-electron chi connectivity index (χ4n) is 1.93. The number of hydrogen-bond donors (Lipinski definition) is 1. The van der Waals surface area contributed by atoms with Crippen LogP contribution in [0.2, 0.25) is 0 Å². The molecule has 1 N–H and O–H groups in total. The lowest BCUT2D eigenvalue weighted by molar-refractivity contribution is 0.0950. The fraction of sp³-hybridized carbons (Fsp3) is 0.312. The number of furan rings is 1. The van der Waals surface area contributed by atoms with Gasteiger partial charge in [-0.15, -0.1) is 0 Å². The third-order valence-corrected chi connectivity index (χ3v) is 2.90. The average Bonchev–Trinajstić information content (AvgIpc) is 2.78. The summed E-state index contributed by atoms with van der Waals surface area (Å²) in [6, 6.07) is 11.4. The van der Waals surface area contributed by atoms with Gasteiger partial charge in [0.15, 0.2) is 0 Å². The Morgan fingerprint density at radius 2 is 2.00 bits per heavy atom. The van der Waals surface area contributed by atoms with Gasteiger partial charge in [0.1, 0.15) is 17.3 Å². The van der Waals surface area contributed by atoms with Crippen LogP contribution in [-0.4, -0.2) is 19.1 Å². The van der Waals surface area contributed by atoms with Crippen molar-refractivity contribution in [3.8, 4) is 5.75 Å². The van der Waals surface area contributed by atoms with Crippen LogP contribution in [0.5, 0.6) is 5.75 Å². The molecular formula is C16H19NO3. The summed E-state index contributed by atoms with van der Waals surface area (Å²) in [5.41, 5.74) is 0.603. The maximum atomic E-state index is 11.9. The second-order valence-electron chi connectivity index (χ2n) is 4.60. The van der Waals surface area contributed by atoms with Crippen molar-refractivity contribution in [1.29, 1.82) is 0 Å². The van der Waals surface area contributed by atoms with E-state index in [4.69, 9.17) is 9.15 Å². The highest BCUT2D eigenvalue weighted by atomic mass is 16.5. The minimum atomic E-state index is -0.0981. The lowest BCUT2D eigenvalue weighted by Gasteiger charge is -2.06. The highest BCUT2D eigenvalue weighted by Crippen LogP contribution is 2.13. The van der Waals surface area contributed by atoms with E-state index in [0.29, 0.717) is 24.5 Å². The Labute approximate surface area is 118 Å². The molecule has 0 atom stereocenters. The molecule has 2 aromatic rings. The topological polar surface area (TPSA) is 51.5 Å². The van der Waals surface area contributed by atoms with Gasteiger partial charge < -0.3 is 14.5 Å². The van der Waals surface area contributed by atoms with Crippen molar-refractivity contribution in [3.63, 3.8) is 0 Å². The molecule has 0 aliphatic carbocycles. The number of para-hydroxylation sites is 1. The number of ether oxygens (including phenoxy) is 1. The van der Waals surface area contributed by atoms with Crippen LogP contribution in [-0.2, 0) is 0 Å². The van der Waals surface area contributed by atoms with Crippen molar-refractivity contribution in [2.45, 2.75) is 20.3 Å². The molecule has 0 fully saturated rings. The second kappa shape index (κ2) is 6.80. The van der Waals surface area contributed by atoms with Gasteiger partial charge in [-0.05, 0) is 38.5 Å². The monoisotopic (exact) mass is 273 g/mol. The summed E-state index contributed by atoms with van der Waals surface area (Å²) in [6.07, 6.45) is 0.760. The number of amides is 1. The molecule has 1 amide bonds. The smallest absolute Gasteiger partial charge is 0.254 e. The molecule has 0 aliphatic rings. The van der Waals surface area contributed by atoms with E-state index in [1.165, 1.54) is 0 Å². The van der Waals surface area contributed by atoms with Crippen molar-refractivity contribution >= 4 is 5.91 Å². The zero-order chi connectivity index (χ0) is 14.4. The van der Waals surface area contributed by atoms with E-state index < -0.39 is 0 Å². The van der Waals surface area contributed by atoms with E-state index in [1.807, 2.05) is 37.3 Å².